The molecule has 2 N–H and O–H groups in total. The van der Waals surface area contributed by atoms with Gasteiger partial charge < -0.3 is 15.5 Å². The van der Waals surface area contributed by atoms with E-state index >= 15 is 0 Å². The van der Waals surface area contributed by atoms with E-state index in [2.05, 4.69) is 36.6 Å². The predicted octanol–water partition coefficient (Wildman–Crippen LogP) is 2.20. The maximum atomic E-state index is 9.18. The van der Waals surface area contributed by atoms with Crippen LogP contribution >= 0.6 is 0 Å². The molecule has 0 aliphatic carbocycles. The molecule has 0 bridgehead atoms. The normalized spacial score (nSPS) is 28.0. The molecule has 2 fully saturated rings. The molecule has 0 radical (unpaired) electrons. The number of hydrogen-bond donors (Lipinski definition) is 1. The Bertz CT molecular complexity index is 367. The van der Waals surface area contributed by atoms with Crippen LogP contribution in [0.1, 0.15) is 52.9 Å². The third-order valence-electron chi connectivity index (χ3n) is 5.66. The summed E-state index contributed by atoms with van der Waals surface area (Å²) >= 11 is 0. The summed E-state index contributed by atoms with van der Waals surface area (Å²) in [5.74, 6) is 0. The Morgan fingerprint density at radius 1 is 1.10 bits per heavy atom. The van der Waals surface area contributed by atoms with Gasteiger partial charge in [0, 0.05) is 24.7 Å². The number of nitrogens with zero attached hydrogens (tertiary/aromatic N) is 3. The Morgan fingerprint density at radius 3 is 2.19 bits per heavy atom. The standard InChI is InChI=1S/C17H32N4/c1-15(21-12-7-17(3,19)8-13-21)4-9-20-10-5-16(2,14-18)6-11-20/h15H,4-13,19H2,1-3H3. The highest BCUT2D eigenvalue weighted by molar-refractivity contribution is 4.98. The first-order valence-corrected chi connectivity index (χ1v) is 8.50. The first-order valence-electron chi connectivity index (χ1n) is 8.50. The minimum atomic E-state index is -0.0828. The zero-order valence-corrected chi connectivity index (χ0v) is 14.1. The van der Waals surface area contributed by atoms with Crippen molar-refractivity contribution in [2.45, 2.75) is 64.5 Å². The molecular formula is C17H32N4. The molecule has 21 heavy (non-hydrogen) atoms. The van der Waals surface area contributed by atoms with E-state index in [0.717, 1.165) is 51.9 Å². The van der Waals surface area contributed by atoms with Crippen molar-refractivity contribution in [3.05, 3.63) is 0 Å². The maximum Gasteiger partial charge on any atom is 0.0687 e. The Hall–Kier alpha value is -0.630. The SMILES string of the molecule is CC(CCN1CCC(C)(C#N)CC1)N1CCC(C)(N)CC1. The van der Waals surface area contributed by atoms with Gasteiger partial charge in [0.1, 0.15) is 0 Å². The average molecular weight is 292 g/mol. The first-order chi connectivity index (χ1) is 9.84. The minimum absolute atomic E-state index is 0.0465. The summed E-state index contributed by atoms with van der Waals surface area (Å²) in [5, 5.41) is 9.18. The van der Waals surface area contributed by atoms with E-state index in [1.807, 2.05) is 0 Å². The van der Waals surface area contributed by atoms with Gasteiger partial charge in [0.15, 0.2) is 0 Å². The van der Waals surface area contributed by atoms with E-state index in [-0.39, 0.29) is 11.0 Å². The number of nitrogens with two attached hydrogens (primary N) is 1. The largest absolute Gasteiger partial charge is 0.325 e. The molecule has 4 heteroatoms. The van der Waals surface area contributed by atoms with Crippen molar-refractivity contribution in [1.29, 1.82) is 5.26 Å². The predicted molar refractivity (Wildman–Crippen MR) is 86.9 cm³/mol. The van der Waals surface area contributed by atoms with Crippen LogP contribution in [-0.2, 0) is 0 Å². The second kappa shape index (κ2) is 6.64. The van der Waals surface area contributed by atoms with Crippen LogP contribution in [0.4, 0.5) is 0 Å². The second-order valence-corrected chi connectivity index (χ2v) is 7.84. The number of likely N-dealkylation sites (tertiary alicyclic amines) is 2. The molecule has 2 saturated heterocycles. The molecule has 2 aliphatic heterocycles. The summed E-state index contributed by atoms with van der Waals surface area (Å²) in [7, 11) is 0. The van der Waals surface area contributed by atoms with Crippen molar-refractivity contribution < 1.29 is 0 Å². The van der Waals surface area contributed by atoms with Gasteiger partial charge in [-0.25, -0.2) is 0 Å². The van der Waals surface area contributed by atoms with Crippen LogP contribution < -0.4 is 5.73 Å². The molecule has 2 aliphatic rings. The Kier molecular flexibility index (Phi) is 5.29. The van der Waals surface area contributed by atoms with Crippen LogP contribution in [0.3, 0.4) is 0 Å². The highest BCUT2D eigenvalue weighted by Crippen LogP contribution is 2.30. The fourth-order valence-electron chi connectivity index (χ4n) is 3.41. The summed E-state index contributed by atoms with van der Waals surface area (Å²) in [6.45, 7) is 12.2. The summed E-state index contributed by atoms with van der Waals surface area (Å²) in [5.41, 5.74) is 6.17. The van der Waals surface area contributed by atoms with Crippen molar-refractivity contribution in [1.82, 2.24) is 9.80 Å². The van der Waals surface area contributed by atoms with Crippen LogP contribution in [0.15, 0.2) is 0 Å². The molecule has 1 atom stereocenters. The summed E-state index contributed by atoms with van der Waals surface area (Å²) < 4.78 is 0. The molecule has 0 amide bonds. The average Bonchev–Trinajstić information content (AvgIpc) is 2.46. The molecule has 2 heterocycles. The van der Waals surface area contributed by atoms with Crippen molar-refractivity contribution in [3.8, 4) is 6.07 Å². The van der Waals surface area contributed by atoms with E-state index in [1.54, 1.807) is 0 Å². The van der Waals surface area contributed by atoms with Gasteiger partial charge in [-0.2, -0.15) is 5.26 Å². The monoisotopic (exact) mass is 292 g/mol. The van der Waals surface area contributed by atoms with E-state index in [1.165, 1.54) is 13.0 Å². The third-order valence-corrected chi connectivity index (χ3v) is 5.66. The fourth-order valence-corrected chi connectivity index (χ4v) is 3.41. The van der Waals surface area contributed by atoms with Crippen molar-refractivity contribution in [2.75, 3.05) is 32.7 Å². The van der Waals surface area contributed by atoms with Gasteiger partial charge in [-0.3, -0.25) is 0 Å². The molecule has 0 spiro atoms. The zero-order chi connectivity index (χ0) is 15.5. The molecule has 0 aromatic carbocycles. The van der Waals surface area contributed by atoms with Crippen LogP contribution in [0.2, 0.25) is 0 Å². The lowest BCUT2D eigenvalue weighted by molar-refractivity contribution is 0.104. The van der Waals surface area contributed by atoms with Crippen molar-refractivity contribution in [2.24, 2.45) is 11.1 Å². The van der Waals surface area contributed by atoms with E-state index in [4.69, 9.17) is 5.73 Å². The molecule has 4 nitrogen and oxygen atoms in total. The summed E-state index contributed by atoms with van der Waals surface area (Å²) in [6.07, 6.45) is 5.49. The van der Waals surface area contributed by atoms with Gasteiger partial charge in [0.25, 0.3) is 0 Å². The Labute approximate surface area is 130 Å². The summed E-state index contributed by atoms with van der Waals surface area (Å²) in [4.78, 5) is 5.13. The molecule has 1 unspecified atom stereocenters. The number of piperidine rings is 2. The van der Waals surface area contributed by atoms with Gasteiger partial charge in [0.05, 0.1) is 11.5 Å². The van der Waals surface area contributed by atoms with E-state index in [0.29, 0.717) is 6.04 Å². The van der Waals surface area contributed by atoms with E-state index < -0.39 is 0 Å². The quantitative estimate of drug-likeness (QED) is 0.863. The van der Waals surface area contributed by atoms with Crippen LogP contribution in [0.25, 0.3) is 0 Å². The van der Waals surface area contributed by atoms with Crippen LogP contribution in [-0.4, -0.2) is 54.1 Å². The molecular weight excluding hydrogens is 260 g/mol. The molecule has 0 aromatic rings. The third kappa shape index (κ3) is 4.67. The van der Waals surface area contributed by atoms with Gasteiger partial charge in [-0.1, -0.05) is 0 Å². The smallest absolute Gasteiger partial charge is 0.0687 e. The fraction of sp³-hybridized carbons (Fsp3) is 0.941. The Morgan fingerprint density at radius 2 is 1.67 bits per heavy atom. The number of rotatable bonds is 4. The van der Waals surface area contributed by atoms with Crippen LogP contribution in [0, 0.1) is 16.7 Å². The lowest BCUT2D eigenvalue weighted by atomic mass is 9.82. The molecule has 0 saturated carbocycles. The number of hydrogen-bond acceptors (Lipinski definition) is 4. The highest BCUT2D eigenvalue weighted by atomic mass is 15.2. The lowest BCUT2D eigenvalue weighted by Gasteiger charge is -2.41. The van der Waals surface area contributed by atoms with Crippen LogP contribution in [0.5, 0.6) is 0 Å². The second-order valence-electron chi connectivity index (χ2n) is 7.84. The van der Waals surface area contributed by atoms with Gasteiger partial charge in [-0.15, -0.1) is 0 Å². The van der Waals surface area contributed by atoms with E-state index in [9.17, 15) is 5.26 Å². The summed E-state index contributed by atoms with van der Waals surface area (Å²) in [6, 6.07) is 3.12. The van der Waals surface area contributed by atoms with Gasteiger partial charge >= 0.3 is 0 Å². The highest BCUT2D eigenvalue weighted by Gasteiger charge is 2.31. The molecule has 120 valence electrons. The lowest BCUT2D eigenvalue weighted by Crippen LogP contribution is -2.51. The Balaban J connectivity index is 1.68. The first kappa shape index (κ1) is 16.7. The topological polar surface area (TPSA) is 56.3 Å². The molecule has 0 aromatic heterocycles. The zero-order valence-electron chi connectivity index (χ0n) is 14.1. The van der Waals surface area contributed by atoms with Crippen molar-refractivity contribution in [3.63, 3.8) is 0 Å². The minimum Gasteiger partial charge on any atom is -0.325 e. The number of nitriles is 1. The van der Waals surface area contributed by atoms with Gasteiger partial charge in [-0.05, 0) is 72.5 Å². The van der Waals surface area contributed by atoms with Crippen molar-refractivity contribution >= 4 is 0 Å². The van der Waals surface area contributed by atoms with Gasteiger partial charge in [0.2, 0.25) is 0 Å². The molecule has 2 rings (SSSR count). The maximum absolute atomic E-state index is 9.18.